The van der Waals surface area contributed by atoms with Crippen LogP contribution in [-0.4, -0.2) is 20.9 Å². The smallest absolute Gasteiger partial charge is 0.311 e. The SMILES string of the molecule is CCOC(=O)C(C(C)C)C(c1ccccc1)N(O[Si](C)(C)C)c1ccccc1. The average Bonchev–Trinajstić information content (AvgIpc) is 2.65. The summed E-state index contributed by atoms with van der Waals surface area (Å²) >= 11 is 0. The number of nitrogens with zero attached hydrogens (tertiary/aromatic N) is 1. The predicted molar refractivity (Wildman–Crippen MR) is 117 cm³/mol. The summed E-state index contributed by atoms with van der Waals surface area (Å²) in [6.45, 7) is 12.8. The molecule has 0 aliphatic heterocycles. The molecule has 0 spiro atoms. The first-order chi connectivity index (χ1) is 13.2. The van der Waals surface area contributed by atoms with Crippen molar-refractivity contribution in [1.29, 1.82) is 0 Å². The van der Waals surface area contributed by atoms with Gasteiger partial charge in [0.05, 0.1) is 24.3 Å². The normalized spacial score (nSPS) is 13.8. The number of anilines is 1. The highest BCUT2D eigenvalue weighted by molar-refractivity contribution is 6.69. The number of carbonyl (C=O) groups excluding carboxylic acids is 1. The van der Waals surface area contributed by atoms with Crippen LogP contribution in [0.1, 0.15) is 32.4 Å². The fourth-order valence-corrected chi connectivity index (χ4v) is 4.09. The second kappa shape index (κ2) is 9.89. The summed E-state index contributed by atoms with van der Waals surface area (Å²) in [4.78, 5) is 13.0. The Hall–Kier alpha value is -2.11. The maximum absolute atomic E-state index is 13.0. The van der Waals surface area contributed by atoms with Gasteiger partial charge in [-0.25, -0.2) is 0 Å². The van der Waals surface area contributed by atoms with E-state index in [4.69, 9.17) is 9.26 Å². The molecule has 2 aromatic carbocycles. The van der Waals surface area contributed by atoms with Crippen molar-refractivity contribution >= 4 is 20.0 Å². The van der Waals surface area contributed by atoms with E-state index in [1.165, 1.54) is 0 Å². The standard InChI is InChI=1S/C23H33NO3Si/c1-7-26-23(25)21(18(2)3)22(19-14-10-8-11-15-19)24(27-28(4,5)6)20-16-12-9-13-17-20/h8-18,21-22H,7H2,1-6H3. The van der Waals surface area contributed by atoms with Gasteiger partial charge in [-0.2, -0.15) is 0 Å². The third-order valence-electron chi connectivity index (χ3n) is 4.39. The van der Waals surface area contributed by atoms with Gasteiger partial charge >= 0.3 is 5.97 Å². The van der Waals surface area contributed by atoms with E-state index >= 15 is 0 Å². The van der Waals surface area contributed by atoms with Gasteiger partial charge in [0.15, 0.2) is 0 Å². The molecular formula is C23H33NO3Si. The lowest BCUT2D eigenvalue weighted by molar-refractivity contribution is -0.151. The van der Waals surface area contributed by atoms with Crippen molar-refractivity contribution < 1.29 is 14.1 Å². The molecule has 28 heavy (non-hydrogen) atoms. The summed E-state index contributed by atoms with van der Waals surface area (Å²) in [6.07, 6.45) is 0. The number of carbonyl (C=O) groups is 1. The molecule has 2 aromatic rings. The third kappa shape index (κ3) is 5.94. The van der Waals surface area contributed by atoms with Crippen molar-refractivity contribution in [3.63, 3.8) is 0 Å². The Labute approximate surface area is 170 Å². The second-order valence-corrected chi connectivity index (χ2v) is 12.6. The first kappa shape index (κ1) is 22.2. The van der Waals surface area contributed by atoms with E-state index in [0.29, 0.717) is 6.61 Å². The van der Waals surface area contributed by atoms with Crippen molar-refractivity contribution in [2.75, 3.05) is 11.7 Å². The Bertz CT molecular complexity index is 729. The highest BCUT2D eigenvalue weighted by atomic mass is 28.4. The van der Waals surface area contributed by atoms with E-state index in [0.717, 1.165) is 11.3 Å². The van der Waals surface area contributed by atoms with Gasteiger partial charge in [-0.05, 0) is 50.2 Å². The van der Waals surface area contributed by atoms with E-state index in [1.807, 2.05) is 60.5 Å². The Morgan fingerprint density at radius 2 is 1.50 bits per heavy atom. The summed E-state index contributed by atoms with van der Waals surface area (Å²) in [5, 5.41) is 1.95. The van der Waals surface area contributed by atoms with Crippen LogP contribution in [0.3, 0.4) is 0 Å². The molecule has 0 N–H and O–H groups in total. The maximum atomic E-state index is 13.0. The monoisotopic (exact) mass is 399 g/mol. The molecular weight excluding hydrogens is 366 g/mol. The molecule has 0 heterocycles. The van der Waals surface area contributed by atoms with Crippen LogP contribution in [-0.2, 0) is 14.1 Å². The molecule has 152 valence electrons. The average molecular weight is 400 g/mol. The number of esters is 1. The Kier molecular flexibility index (Phi) is 7.84. The molecule has 2 atom stereocenters. The lowest BCUT2D eigenvalue weighted by Crippen LogP contribution is -2.45. The summed E-state index contributed by atoms with van der Waals surface area (Å²) < 4.78 is 12.0. The molecule has 0 radical (unpaired) electrons. The molecule has 5 heteroatoms. The van der Waals surface area contributed by atoms with Crippen molar-refractivity contribution in [2.45, 2.75) is 46.5 Å². The number of rotatable bonds is 9. The lowest BCUT2D eigenvalue weighted by atomic mass is 9.84. The Morgan fingerprint density at radius 1 is 0.964 bits per heavy atom. The fraction of sp³-hybridized carbons (Fsp3) is 0.435. The minimum absolute atomic E-state index is 0.0840. The first-order valence-electron chi connectivity index (χ1n) is 9.99. The molecule has 0 saturated heterocycles. The molecule has 0 aromatic heterocycles. The summed E-state index contributed by atoms with van der Waals surface area (Å²) in [7, 11) is -1.96. The predicted octanol–water partition coefficient (Wildman–Crippen LogP) is 5.84. The Balaban J connectivity index is 2.63. The topological polar surface area (TPSA) is 38.8 Å². The van der Waals surface area contributed by atoms with Crippen LogP contribution >= 0.6 is 0 Å². The zero-order chi connectivity index (χ0) is 20.7. The van der Waals surface area contributed by atoms with Gasteiger partial charge in [0, 0.05) is 0 Å². The lowest BCUT2D eigenvalue weighted by Gasteiger charge is -2.41. The number of benzene rings is 2. The van der Waals surface area contributed by atoms with Crippen molar-refractivity contribution in [3.8, 4) is 0 Å². The molecule has 0 bridgehead atoms. The number of hydrogen-bond acceptors (Lipinski definition) is 4. The Morgan fingerprint density at radius 3 is 1.96 bits per heavy atom. The largest absolute Gasteiger partial charge is 0.466 e. The van der Waals surface area contributed by atoms with E-state index in [-0.39, 0.29) is 23.8 Å². The molecule has 2 unspecified atom stereocenters. The molecule has 0 saturated carbocycles. The molecule has 0 aliphatic rings. The van der Waals surface area contributed by atoms with Crippen LogP contribution in [0.25, 0.3) is 0 Å². The van der Waals surface area contributed by atoms with E-state index in [1.54, 1.807) is 0 Å². The van der Waals surface area contributed by atoms with Crippen molar-refractivity contribution in [1.82, 2.24) is 0 Å². The van der Waals surface area contributed by atoms with Crippen LogP contribution < -0.4 is 5.06 Å². The minimum atomic E-state index is -1.96. The van der Waals surface area contributed by atoms with Gasteiger partial charge in [-0.15, -0.1) is 0 Å². The maximum Gasteiger partial charge on any atom is 0.311 e. The highest BCUT2D eigenvalue weighted by Crippen LogP contribution is 2.38. The zero-order valence-corrected chi connectivity index (χ0v) is 18.9. The number of ether oxygens (including phenoxy) is 1. The third-order valence-corrected chi connectivity index (χ3v) is 5.14. The molecule has 0 amide bonds. The van der Waals surface area contributed by atoms with E-state index < -0.39 is 8.32 Å². The molecule has 0 fully saturated rings. The van der Waals surface area contributed by atoms with Gasteiger partial charge in [0.2, 0.25) is 8.32 Å². The van der Waals surface area contributed by atoms with Gasteiger partial charge in [0.25, 0.3) is 0 Å². The number of hydroxylamine groups is 1. The number of hydrogen-bond donors (Lipinski definition) is 0. The van der Waals surface area contributed by atoms with Crippen LogP contribution in [0.5, 0.6) is 0 Å². The van der Waals surface area contributed by atoms with Crippen LogP contribution in [0.15, 0.2) is 60.7 Å². The van der Waals surface area contributed by atoms with Gasteiger partial charge in [0.1, 0.15) is 0 Å². The van der Waals surface area contributed by atoms with Crippen LogP contribution in [0, 0.1) is 11.8 Å². The molecule has 2 rings (SSSR count). The molecule has 4 nitrogen and oxygen atoms in total. The van der Waals surface area contributed by atoms with Gasteiger partial charge in [-0.1, -0.05) is 62.4 Å². The second-order valence-electron chi connectivity index (χ2n) is 8.24. The highest BCUT2D eigenvalue weighted by Gasteiger charge is 2.40. The minimum Gasteiger partial charge on any atom is -0.466 e. The first-order valence-corrected chi connectivity index (χ1v) is 13.4. The van der Waals surface area contributed by atoms with Crippen LogP contribution in [0.4, 0.5) is 5.69 Å². The summed E-state index contributed by atoms with van der Waals surface area (Å²) in [6, 6.07) is 19.8. The quantitative estimate of drug-likeness (QED) is 0.302. The van der Waals surface area contributed by atoms with Crippen LogP contribution in [0.2, 0.25) is 19.6 Å². The molecule has 0 aliphatic carbocycles. The van der Waals surface area contributed by atoms with Gasteiger partial charge in [-0.3, -0.25) is 9.86 Å². The number of para-hydroxylation sites is 1. The van der Waals surface area contributed by atoms with E-state index in [9.17, 15) is 4.79 Å². The summed E-state index contributed by atoms with van der Waals surface area (Å²) in [5.74, 6) is -0.467. The van der Waals surface area contributed by atoms with E-state index in [2.05, 4.69) is 45.6 Å². The van der Waals surface area contributed by atoms with Crippen molar-refractivity contribution in [3.05, 3.63) is 66.2 Å². The zero-order valence-electron chi connectivity index (χ0n) is 17.9. The van der Waals surface area contributed by atoms with Crippen molar-refractivity contribution in [2.24, 2.45) is 11.8 Å². The van der Waals surface area contributed by atoms with Gasteiger partial charge < -0.3 is 9.26 Å². The summed E-state index contributed by atoms with van der Waals surface area (Å²) in [5.41, 5.74) is 1.98. The fourth-order valence-electron chi connectivity index (χ4n) is 3.28.